The fourth-order valence-corrected chi connectivity index (χ4v) is 5.16. The molecule has 100 valence electrons. The van der Waals surface area contributed by atoms with Gasteiger partial charge in [0.05, 0.1) is 6.10 Å². The van der Waals surface area contributed by atoms with E-state index in [1.165, 1.54) is 0 Å². The predicted molar refractivity (Wildman–Crippen MR) is 82.2 cm³/mol. The lowest BCUT2D eigenvalue weighted by Gasteiger charge is -2.48. The Morgan fingerprint density at radius 1 is 1.24 bits per heavy atom. The van der Waals surface area contributed by atoms with Crippen LogP contribution in [0.1, 0.15) is 34.6 Å². The maximum absolute atomic E-state index is 6.05. The van der Waals surface area contributed by atoms with Crippen molar-refractivity contribution in [1.29, 1.82) is 0 Å². The molecule has 0 amide bonds. The molecule has 17 heavy (non-hydrogen) atoms. The van der Waals surface area contributed by atoms with Gasteiger partial charge < -0.3 is 9.05 Å². The molecule has 0 bridgehead atoms. The second-order valence-corrected chi connectivity index (χ2v) is 9.12. The molecule has 0 aliphatic carbocycles. The van der Waals surface area contributed by atoms with Crippen molar-refractivity contribution >= 4 is 33.6 Å². The van der Waals surface area contributed by atoms with Crippen molar-refractivity contribution in [2.24, 2.45) is 5.92 Å². The van der Waals surface area contributed by atoms with Crippen LogP contribution >= 0.6 is 33.6 Å². The summed E-state index contributed by atoms with van der Waals surface area (Å²) in [6.07, 6.45) is -0.193. The van der Waals surface area contributed by atoms with E-state index >= 15 is 0 Å². The van der Waals surface area contributed by atoms with E-state index < -0.39 is 12.5 Å². The Kier molecular flexibility index (Phi) is 5.44. The Labute approximate surface area is 117 Å². The normalized spacial score (nSPS) is 33.1. The minimum absolute atomic E-state index is 0.0295. The first-order valence-corrected chi connectivity index (χ1v) is 8.05. The minimum atomic E-state index is -0.891. The summed E-state index contributed by atoms with van der Waals surface area (Å²) in [5.74, 6) is 0.347. The molecule has 0 radical (unpaired) electrons. The largest absolute Gasteiger partial charge is 0.328 e. The van der Waals surface area contributed by atoms with Crippen LogP contribution in [0.5, 0.6) is 0 Å². The smallest absolute Gasteiger partial charge is 0.174 e. The molecule has 0 saturated carbocycles. The van der Waals surface area contributed by atoms with Crippen LogP contribution in [0.25, 0.3) is 0 Å². The van der Waals surface area contributed by atoms with Crippen LogP contribution in [0.15, 0.2) is 12.2 Å². The highest BCUT2D eigenvalue weighted by Crippen LogP contribution is 2.58. The molecule has 3 atom stereocenters. The Balaban J connectivity index is 3.01. The van der Waals surface area contributed by atoms with E-state index in [1.54, 1.807) is 0 Å². The van der Waals surface area contributed by atoms with Crippen LogP contribution in [0.3, 0.4) is 0 Å². The fraction of sp³-hybridized carbons (Fsp3) is 0.833. The predicted octanol–water partition coefficient (Wildman–Crippen LogP) is 4.28. The summed E-state index contributed by atoms with van der Waals surface area (Å²) in [6.45, 7) is 14.4. The van der Waals surface area contributed by atoms with Crippen LogP contribution in [-0.2, 0) is 9.05 Å². The molecule has 1 fully saturated rings. The fourth-order valence-electron chi connectivity index (χ4n) is 1.85. The maximum Gasteiger partial charge on any atom is 0.174 e. The average molecular weight is 294 g/mol. The van der Waals surface area contributed by atoms with E-state index in [1.807, 2.05) is 6.92 Å². The standard InChI is InChI=1S/C12H23O2PS2/c1-7(2)10-12(16,17)11(8(3)4)14-15(13-10)9(5)6/h8-11,16-17H,1H2,2-6H3. The van der Waals surface area contributed by atoms with Gasteiger partial charge >= 0.3 is 0 Å². The lowest BCUT2D eigenvalue weighted by atomic mass is 9.97. The first kappa shape index (κ1) is 15.8. The first-order chi connectivity index (χ1) is 7.67. The maximum atomic E-state index is 6.05. The molecule has 0 aromatic carbocycles. The third-order valence-electron chi connectivity index (χ3n) is 2.71. The zero-order chi connectivity index (χ0) is 13.4. The second-order valence-electron chi connectivity index (χ2n) is 5.26. The van der Waals surface area contributed by atoms with Crippen molar-refractivity contribution in [2.75, 3.05) is 0 Å². The molecule has 1 heterocycles. The molecule has 1 saturated heterocycles. The molecular weight excluding hydrogens is 271 g/mol. The Bertz CT molecular complexity index is 292. The minimum Gasteiger partial charge on any atom is -0.328 e. The zero-order valence-corrected chi connectivity index (χ0v) is 13.9. The van der Waals surface area contributed by atoms with Crippen LogP contribution in [0.2, 0.25) is 0 Å². The van der Waals surface area contributed by atoms with E-state index in [9.17, 15) is 0 Å². The van der Waals surface area contributed by atoms with Crippen molar-refractivity contribution in [3.63, 3.8) is 0 Å². The summed E-state index contributed by atoms with van der Waals surface area (Å²) in [4.78, 5) is 0. The SMILES string of the molecule is C=C(C)C1OP(C(C)C)OC(C(C)C)C1(S)S. The third kappa shape index (κ3) is 3.42. The average Bonchev–Trinajstić information content (AvgIpc) is 2.14. The molecule has 0 N–H and O–H groups in total. The summed E-state index contributed by atoms with van der Waals surface area (Å²) >= 11 is 9.32. The third-order valence-corrected chi connectivity index (χ3v) is 5.38. The topological polar surface area (TPSA) is 18.5 Å². The second kappa shape index (κ2) is 5.83. The molecule has 0 spiro atoms. The monoisotopic (exact) mass is 294 g/mol. The summed E-state index contributed by atoms with van der Waals surface area (Å²) < 4.78 is 11.4. The van der Waals surface area contributed by atoms with E-state index in [2.05, 4.69) is 59.5 Å². The van der Waals surface area contributed by atoms with E-state index in [0.717, 1.165) is 5.57 Å². The van der Waals surface area contributed by atoms with Gasteiger partial charge in [-0.25, -0.2) is 0 Å². The Hall–Kier alpha value is 0.790. The van der Waals surface area contributed by atoms with Crippen LogP contribution in [-0.4, -0.2) is 21.9 Å². The number of hydrogen-bond donors (Lipinski definition) is 2. The van der Waals surface area contributed by atoms with Crippen molar-refractivity contribution in [2.45, 2.75) is 56.6 Å². The molecule has 2 nitrogen and oxygen atoms in total. The van der Waals surface area contributed by atoms with Gasteiger partial charge in [0.2, 0.25) is 0 Å². The van der Waals surface area contributed by atoms with Gasteiger partial charge in [0, 0.05) is 5.66 Å². The summed E-state index contributed by atoms with van der Waals surface area (Å²) in [7, 11) is -0.891. The van der Waals surface area contributed by atoms with Gasteiger partial charge in [-0.05, 0) is 18.4 Å². The first-order valence-electron chi connectivity index (χ1n) is 5.90. The van der Waals surface area contributed by atoms with Crippen LogP contribution in [0, 0.1) is 5.92 Å². The molecule has 1 aliphatic rings. The summed E-state index contributed by atoms with van der Waals surface area (Å²) in [6, 6.07) is 0. The zero-order valence-electron chi connectivity index (χ0n) is 11.2. The number of rotatable bonds is 3. The van der Waals surface area contributed by atoms with Crippen molar-refractivity contribution < 1.29 is 9.05 Å². The van der Waals surface area contributed by atoms with Gasteiger partial charge in [0.25, 0.3) is 0 Å². The van der Waals surface area contributed by atoms with Crippen molar-refractivity contribution in [3.05, 3.63) is 12.2 Å². The highest BCUT2D eigenvalue weighted by Gasteiger charge is 2.50. The summed E-state index contributed by atoms with van der Waals surface area (Å²) in [5, 5.41) is 0. The van der Waals surface area contributed by atoms with Gasteiger partial charge in [-0.3, -0.25) is 0 Å². The number of hydrogen-bond acceptors (Lipinski definition) is 4. The molecular formula is C12H23O2PS2. The van der Waals surface area contributed by atoms with Crippen molar-refractivity contribution in [1.82, 2.24) is 0 Å². The quantitative estimate of drug-likeness (QED) is 0.350. The summed E-state index contributed by atoms with van der Waals surface area (Å²) in [5.41, 5.74) is 1.32. The number of thiol groups is 2. The molecule has 1 aliphatic heterocycles. The van der Waals surface area contributed by atoms with Crippen molar-refractivity contribution in [3.8, 4) is 0 Å². The molecule has 3 unspecified atom stereocenters. The van der Waals surface area contributed by atoms with E-state index in [-0.39, 0.29) is 12.2 Å². The molecule has 5 heteroatoms. The van der Waals surface area contributed by atoms with Gasteiger partial charge in [0.15, 0.2) is 8.38 Å². The Morgan fingerprint density at radius 2 is 1.76 bits per heavy atom. The van der Waals surface area contributed by atoms with Crippen LogP contribution < -0.4 is 0 Å². The van der Waals surface area contributed by atoms with Gasteiger partial charge in [-0.15, -0.1) is 0 Å². The highest BCUT2D eigenvalue weighted by molar-refractivity contribution is 8.00. The van der Waals surface area contributed by atoms with E-state index in [0.29, 0.717) is 11.6 Å². The van der Waals surface area contributed by atoms with Gasteiger partial charge in [0.1, 0.15) is 10.2 Å². The van der Waals surface area contributed by atoms with Gasteiger partial charge in [-0.1, -0.05) is 34.3 Å². The molecule has 0 aromatic rings. The highest BCUT2D eigenvalue weighted by atomic mass is 32.2. The molecule has 1 rings (SSSR count). The van der Waals surface area contributed by atoms with Crippen LogP contribution in [0.4, 0.5) is 0 Å². The lowest BCUT2D eigenvalue weighted by Crippen LogP contribution is -2.51. The molecule has 0 aromatic heterocycles. The van der Waals surface area contributed by atoms with E-state index in [4.69, 9.17) is 9.05 Å². The Morgan fingerprint density at radius 3 is 2.12 bits per heavy atom. The van der Waals surface area contributed by atoms with Gasteiger partial charge in [-0.2, -0.15) is 25.3 Å². The lowest BCUT2D eigenvalue weighted by molar-refractivity contribution is 0.0392.